The van der Waals surface area contributed by atoms with Gasteiger partial charge in [0.1, 0.15) is 0 Å². The molecule has 1 atom stereocenters. The van der Waals surface area contributed by atoms with Crippen LogP contribution >= 0.6 is 0 Å². The van der Waals surface area contributed by atoms with Crippen molar-refractivity contribution in [2.24, 2.45) is 5.73 Å². The lowest BCUT2D eigenvalue weighted by Gasteiger charge is -2.18. The highest BCUT2D eigenvalue weighted by Gasteiger charge is 2.30. The van der Waals surface area contributed by atoms with Crippen LogP contribution in [0.25, 0.3) is 0 Å². The Morgan fingerprint density at radius 1 is 1.64 bits per heavy atom. The molecule has 0 saturated heterocycles. The summed E-state index contributed by atoms with van der Waals surface area (Å²) in [5, 5.41) is 19.0. The summed E-state index contributed by atoms with van der Waals surface area (Å²) in [4.78, 5) is 20.6. The monoisotopic (exact) mass is 162 g/mol. The van der Waals surface area contributed by atoms with Gasteiger partial charge in [0.25, 0.3) is 0 Å². The maximum atomic E-state index is 10.5. The van der Waals surface area contributed by atoms with Gasteiger partial charge >= 0.3 is 5.97 Å². The van der Waals surface area contributed by atoms with E-state index in [9.17, 15) is 9.59 Å². The van der Waals surface area contributed by atoms with Crippen LogP contribution in [0.4, 0.5) is 0 Å². The van der Waals surface area contributed by atoms with Gasteiger partial charge in [0, 0.05) is 0 Å². The van der Waals surface area contributed by atoms with E-state index in [0.29, 0.717) is 0 Å². The predicted octanol–water partition coefficient (Wildman–Crippen LogP) is -2.15. The van der Waals surface area contributed by atoms with Crippen LogP contribution in [-0.2, 0) is 9.59 Å². The average Bonchev–Trinajstić information content (AvgIpc) is 1.86. The van der Waals surface area contributed by atoms with Crippen LogP contribution in [0.1, 0.15) is 6.92 Å². The number of aliphatic carboxylic acids is 1. The molecule has 0 spiro atoms. The Morgan fingerprint density at radius 2 is 2.09 bits per heavy atom. The quantitative estimate of drug-likeness (QED) is 0.353. The van der Waals surface area contributed by atoms with Gasteiger partial charge in [0.15, 0.2) is 0 Å². The van der Waals surface area contributed by atoms with Crippen molar-refractivity contribution in [1.29, 1.82) is 0 Å². The minimum Gasteiger partial charge on any atom is -0.478 e. The second-order valence-corrected chi connectivity index (χ2v) is 2.13. The van der Waals surface area contributed by atoms with Crippen LogP contribution < -0.4 is 11.1 Å². The lowest BCUT2D eigenvalue weighted by atomic mass is 10.2. The second-order valence-electron chi connectivity index (χ2n) is 2.13. The summed E-state index contributed by atoms with van der Waals surface area (Å²) >= 11 is 0. The predicted molar refractivity (Wildman–Crippen MR) is 35.5 cm³/mol. The Labute approximate surface area is 63.0 Å². The molecular formula is C5H10N2O4. The molecule has 6 heteroatoms. The summed E-state index contributed by atoms with van der Waals surface area (Å²) in [6, 6.07) is 0. The van der Waals surface area contributed by atoms with Gasteiger partial charge in [0.05, 0.1) is 6.54 Å². The first-order valence-electron chi connectivity index (χ1n) is 2.87. The van der Waals surface area contributed by atoms with Crippen molar-refractivity contribution in [1.82, 2.24) is 5.32 Å². The van der Waals surface area contributed by atoms with Gasteiger partial charge < -0.3 is 21.3 Å². The highest BCUT2D eigenvalue weighted by molar-refractivity contribution is 5.85. The molecule has 1 unspecified atom stereocenters. The standard InChI is InChI=1S/C5H10N2O4/c1-5(11,4(9)10)7-3(8)2-6/h11H,2,6H2,1H3,(H,7,8)(H,9,10). The van der Waals surface area contributed by atoms with Crippen molar-refractivity contribution < 1.29 is 19.8 Å². The molecule has 1 amide bonds. The van der Waals surface area contributed by atoms with E-state index >= 15 is 0 Å². The van der Waals surface area contributed by atoms with Gasteiger partial charge in [-0.15, -0.1) is 0 Å². The van der Waals surface area contributed by atoms with E-state index in [4.69, 9.17) is 15.9 Å². The number of nitrogens with one attached hydrogen (secondary N) is 1. The van der Waals surface area contributed by atoms with Crippen LogP contribution in [0.15, 0.2) is 0 Å². The number of aliphatic hydroxyl groups is 1. The molecule has 0 aromatic heterocycles. The number of carbonyl (C=O) groups excluding carboxylic acids is 1. The third-order valence-electron chi connectivity index (χ3n) is 0.985. The van der Waals surface area contributed by atoms with E-state index in [2.05, 4.69) is 0 Å². The zero-order valence-electron chi connectivity index (χ0n) is 6.00. The van der Waals surface area contributed by atoms with E-state index < -0.39 is 17.6 Å². The molecule has 0 bridgehead atoms. The molecule has 5 N–H and O–H groups in total. The number of carbonyl (C=O) groups is 2. The lowest BCUT2D eigenvalue weighted by molar-refractivity contribution is -0.162. The molecular weight excluding hydrogens is 152 g/mol. The number of hydrogen-bond acceptors (Lipinski definition) is 4. The Kier molecular flexibility index (Phi) is 2.97. The van der Waals surface area contributed by atoms with Crippen LogP contribution in [-0.4, -0.2) is 34.4 Å². The SMILES string of the molecule is CC(O)(NC(=O)CN)C(=O)O. The molecule has 0 aliphatic carbocycles. The highest BCUT2D eigenvalue weighted by atomic mass is 16.4. The molecule has 0 rings (SSSR count). The highest BCUT2D eigenvalue weighted by Crippen LogP contribution is 1.96. The Morgan fingerprint density at radius 3 is 2.36 bits per heavy atom. The summed E-state index contributed by atoms with van der Waals surface area (Å²) in [5.74, 6) is -2.25. The minimum absolute atomic E-state index is 0.358. The van der Waals surface area contributed by atoms with Crippen molar-refractivity contribution in [3.05, 3.63) is 0 Å². The van der Waals surface area contributed by atoms with E-state index in [-0.39, 0.29) is 6.54 Å². The fourth-order valence-electron chi connectivity index (χ4n) is 0.376. The first-order chi connectivity index (χ1) is 4.90. The summed E-state index contributed by atoms with van der Waals surface area (Å²) in [6.07, 6.45) is 0. The van der Waals surface area contributed by atoms with Gasteiger partial charge in [0.2, 0.25) is 11.6 Å². The number of carboxylic acids is 1. The van der Waals surface area contributed by atoms with Crippen molar-refractivity contribution >= 4 is 11.9 Å². The molecule has 0 radical (unpaired) electrons. The van der Waals surface area contributed by atoms with Gasteiger partial charge in [-0.2, -0.15) is 0 Å². The minimum atomic E-state index is -2.24. The molecule has 11 heavy (non-hydrogen) atoms. The number of rotatable bonds is 3. The number of hydrogen-bond donors (Lipinski definition) is 4. The van der Waals surface area contributed by atoms with Crippen molar-refractivity contribution in [2.75, 3.05) is 6.54 Å². The Hall–Kier alpha value is -1.14. The normalized spacial score (nSPS) is 15.2. The Balaban J connectivity index is 4.12. The summed E-state index contributed by atoms with van der Waals surface area (Å²) in [5.41, 5.74) is 2.62. The van der Waals surface area contributed by atoms with Crippen LogP contribution in [0.3, 0.4) is 0 Å². The smallest absolute Gasteiger partial charge is 0.356 e. The fourth-order valence-corrected chi connectivity index (χ4v) is 0.376. The number of carboxylic acid groups (broad SMARTS) is 1. The van der Waals surface area contributed by atoms with Crippen molar-refractivity contribution in [3.8, 4) is 0 Å². The largest absolute Gasteiger partial charge is 0.478 e. The molecule has 0 aromatic carbocycles. The van der Waals surface area contributed by atoms with E-state index in [1.165, 1.54) is 0 Å². The maximum absolute atomic E-state index is 10.5. The third kappa shape index (κ3) is 2.96. The number of amides is 1. The molecule has 0 saturated carbocycles. The molecule has 0 fully saturated rings. The second kappa shape index (κ2) is 3.31. The van der Waals surface area contributed by atoms with Gasteiger partial charge in [-0.1, -0.05) is 0 Å². The molecule has 0 heterocycles. The average molecular weight is 162 g/mol. The van der Waals surface area contributed by atoms with Gasteiger partial charge in [-0.05, 0) is 6.92 Å². The first-order valence-corrected chi connectivity index (χ1v) is 2.87. The van der Waals surface area contributed by atoms with Crippen LogP contribution in [0, 0.1) is 0 Å². The zero-order chi connectivity index (χ0) is 9.07. The summed E-state index contributed by atoms with van der Waals surface area (Å²) < 4.78 is 0. The van der Waals surface area contributed by atoms with Crippen molar-refractivity contribution in [2.45, 2.75) is 12.6 Å². The molecule has 0 aromatic rings. The Bertz CT molecular complexity index is 177. The van der Waals surface area contributed by atoms with Gasteiger partial charge in [-0.25, -0.2) is 4.79 Å². The molecule has 0 aliphatic rings. The topological polar surface area (TPSA) is 113 Å². The van der Waals surface area contributed by atoms with Gasteiger partial charge in [-0.3, -0.25) is 4.79 Å². The van der Waals surface area contributed by atoms with E-state index in [1.54, 1.807) is 5.32 Å². The van der Waals surface area contributed by atoms with Crippen LogP contribution in [0.5, 0.6) is 0 Å². The van der Waals surface area contributed by atoms with Crippen LogP contribution in [0.2, 0.25) is 0 Å². The lowest BCUT2D eigenvalue weighted by Crippen LogP contribution is -2.53. The summed E-state index contributed by atoms with van der Waals surface area (Å²) in [7, 11) is 0. The summed E-state index contributed by atoms with van der Waals surface area (Å²) in [6.45, 7) is 0.590. The van der Waals surface area contributed by atoms with E-state index in [0.717, 1.165) is 6.92 Å². The zero-order valence-corrected chi connectivity index (χ0v) is 6.00. The maximum Gasteiger partial charge on any atom is 0.356 e. The van der Waals surface area contributed by atoms with E-state index in [1.807, 2.05) is 0 Å². The molecule has 6 nitrogen and oxygen atoms in total. The molecule has 0 aliphatic heterocycles. The van der Waals surface area contributed by atoms with Crippen molar-refractivity contribution in [3.63, 3.8) is 0 Å². The molecule has 64 valence electrons. The third-order valence-corrected chi connectivity index (χ3v) is 0.985. The first kappa shape index (κ1) is 9.86. The fraction of sp³-hybridized carbons (Fsp3) is 0.600. The number of nitrogens with two attached hydrogens (primary N) is 1.